The number of unbranched alkanes of at least 4 members (excludes halogenated alkanes) is 4. The summed E-state index contributed by atoms with van der Waals surface area (Å²) in [5.74, 6) is 0. The summed E-state index contributed by atoms with van der Waals surface area (Å²) in [6.07, 6.45) is 15.1. The van der Waals surface area contributed by atoms with E-state index in [-0.39, 0.29) is 21.7 Å². The van der Waals surface area contributed by atoms with Crippen LogP contribution in [0.5, 0.6) is 0 Å². The molecule has 0 amide bonds. The molecule has 0 fully saturated rings. The molecule has 0 aliphatic carbocycles. The Morgan fingerprint density at radius 2 is 0.467 bits per heavy atom. The summed E-state index contributed by atoms with van der Waals surface area (Å²) in [7, 11) is 0. The van der Waals surface area contributed by atoms with Gasteiger partial charge in [-0.1, -0.05) is 75.6 Å². The van der Waals surface area contributed by atoms with E-state index in [2.05, 4.69) is 152 Å². The molecule has 0 aromatic heterocycles. The third kappa shape index (κ3) is 22.3. The Labute approximate surface area is 294 Å². The van der Waals surface area contributed by atoms with Gasteiger partial charge in [0.2, 0.25) is 0 Å². The molecular formula is C44H60Ti. The van der Waals surface area contributed by atoms with Crippen LogP contribution in [0.2, 0.25) is 0 Å². The van der Waals surface area contributed by atoms with Crippen LogP contribution in [0.3, 0.4) is 0 Å². The summed E-state index contributed by atoms with van der Waals surface area (Å²) >= 11 is 0. The van der Waals surface area contributed by atoms with Gasteiger partial charge in [0.05, 0.1) is 0 Å². The van der Waals surface area contributed by atoms with Crippen molar-refractivity contribution >= 4 is 0 Å². The van der Waals surface area contributed by atoms with Gasteiger partial charge in [0, 0.05) is 0 Å². The zero-order valence-corrected chi connectivity index (χ0v) is 30.6. The van der Waals surface area contributed by atoms with Crippen LogP contribution in [0, 0.1) is 27.7 Å². The van der Waals surface area contributed by atoms with E-state index in [0.717, 1.165) is 22.3 Å². The molecule has 0 saturated carbocycles. The van der Waals surface area contributed by atoms with Crippen LogP contribution in [0.15, 0.2) is 97.1 Å². The molecule has 0 saturated heterocycles. The van der Waals surface area contributed by atoms with Gasteiger partial charge >= 0.3 is 21.7 Å². The second-order valence-electron chi connectivity index (χ2n) is 11.7. The van der Waals surface area contributed by atoms with Crippen molar-refractivity contribution in [3.05, 3.63) is 169 Å². The Morgan fingerprint density at radius 3 is 0.600 bits per heavy atom. The molecule has 240 valence electrons. The molecule has 0 spiro atoms. The van der Waals surface area contributed by atoms with Crippen LogP contribution in [0.25, 0.3) is 0 Å². The molecule has 45 heavy (non-hydrogen) atoms. The Bertz CT molecular complexity index is 988. The first-order chi connectivity index (χ1) is 21.3. The van der Waals surface area contributed by atoms with Gasteiger partial charge in [0.15, 0.2) is 0 Å². The zero-order valence-electron chi connectivity index (χ0n) is 29.1. The third-order valence-electron chi connectivity index (χ3n) is 7.37. The minimum atomic E-state index is 0. The molecule has 0 radical (unpaired) electrons. The minimum absolute atomic E-state index is 0. The monoisotopic (exact) mass is 636 g/mol. The summed E-state index contributed by atoms with van der Waals surface area (Å²) in [5, 5.41) is 0. The molecule has 0 atom stereocenters. The summed E-state index contributed by atoms with van der Waals surface area (Å²) in [6.45, 7) is 24.2. The van der Waals surface area contributed by atoms with Crippen molar-refractivity contribution in [2.24, 2.45) is 0 Å². The summed E-state index contributed by atoms with van der Waals surface area (Å²) in [4.78, 5) is 0. The van der Waals surface area contributed by atoms with Gasteiger partial charge in [-0.15, -0.1) is 48.5 Å². The van der Waals surface area contributed by atoms with Crippen molar-refractivity contribution < 1.29 is 21.7 Å². The number of benzene rings is 4. The first kappa shape index (κ1) is 42.1. The van der Waals surface area contributed by atoms with Gasteiger partial charge < -0.3 is 0 Å². The van der Waals surface area contributed by atoms with E-state index in [4.69, 9.17) is 0 Å². The molecule has 0 aliphatic heterocycles. The Morgan fingerprint density at radius 1 is 0.311 bits per heavy atom. The van der Waals surface area contributed by atoms with E-state index in [1.165, 1.54) is 99.3 Å². The van der Waals surface area contributed by atoms with E-state index < -0.39 is 0 Å². The Kier molecular flexibility index (Phi) is 25.6. The molecule has 4 rings (SSSR count). The fourth-order valence-corrected chi connectivity index (χ4v) is 4.35. The van der Waals surface area contributed by atoms with Crippen LogP contribution in [-0.2, 0) is 47.4 Å². The Hall–Kier alpha value is -2.93. The van der Waals surface area contributed by atoms with Crippen molar-refractivity contribution in [2.75, 3.05) is 0 Å². The summed E-state index contributed by atoms with van der Waals surface area (Å²) in [6, 6.07) is 33.9. The smallest absolute Gasteiger partial charge is 0.199 e. The topological polar surface area (TPSA) is 0 Å². The molecule has 0 heterocycles. The first-order valence-electron chi connectivity index (χ1n) is 16.9. The van der Waals surface area contributed by atoms with Crippen molar-refractivity contribution in [1.29, 1.82) is 0 Å². The second-order valence-corrected chi connectivity index (χ2v) is 11.7. The fourth-order valence-electron chi connectivity index (χ4n) is 4.35. The first-order valence-corrected chi connectivity index (χ1v) is 16.9. The molecular weight excluding hydrogens is 576 g/mol. The summed E-state index contributed by atoms with van der Waals surface area (Å²) < 4.78 is 0. The zero-order chi connectivity index (χ0) is 32.4. The summed E-state index contributed by atoms with van der Waals surface area (Å²) in [5.41, 5.74) is 10.1. The van der Waals surface area contributed by atoms with Gasteiger partial charge in [0.1, 0.15) is 0 Å². The van der Waals surface area contributed by atoms with Crippen LogP contribution in [0.1, 0.15) is 124 Å². The van der Waals surface area contributed by atoms with Crippen LogP contribution in [-0.4, -0.2) is 0 Å². The van der Waals surface area contributed by atoms with Gasteiger partial charge in [-0.25, -0.2) is 0 Å². The molecule has 4 aromatic carbocycles. The van der Waals surface area contributed by atoms with Crippen molar-refractivity contribution in [3.63, 3.8) is 0 Å². The third-order valence-corrected chi connectivity index (χ3v) is 7.37. The molecule has 4 aromatic rings. The van der Waals surface area contributed by atoms with Gasteiger partial charge in [-0.05, 0) is 51.4 Å². The maximum absolute atomic E-state index is 3.84. The normalized spacial score (nSPS) is 9.69. The molecule has 0 N–H and O–H groups in total. The van der Waals surface area contributed by atoms with Crippen molar-refractivity contribution in [2.45, 2.75) is 105 Å². The minimum Gasteiger partial charge on any atom is -0.199 e. The van der Waals surface area contributed by atoms with E-state index in [9.17, 15) is 0 Å². The van der Waals surface area contributed by atoms with Gasteiger partial charge in [0.25, 0.3) is 0 Å². The average molecular weight is 637 g/mol. The van der Waals surface area contributed by atoms with E-state index in [1.54, 1.807) is 0 Å². The van der Waals surface area contributed by atoms with Crippen molar-refractivity contribution in [1.82, 2.24) is 0 Å². The van der Waals surface area contributed by atoms with Crippen molar-refractivity contribution in [3.8, 4) is 0 Å². The molecule has 0 aliphatic rings. The van der Waals surface area contributed by atoms with Crippen LogP contribution < -0.4 is 0 Å². The standard InChI is InChI=1S/4C11H15.Ti/c4*1-3-4-5-11-8-6-10(2)7-9-11;/h4*6-9H,2-5H2,1H3;/q4*-1;+4. The average Bonchev–Trinajstić information content (AvgIpc) is 3.05. The number of rotatable bonds is 12. The quantitative estimate of drug-likeness (QED) is 0.107. The fraction of sp³-hybridized carbons (Fsp3) is 0.364. The molecule has 0 nitrogen and oxygen atoms in total. The Balaban J connectivity index is 0.000000569. The molecule has 1 heteroatoms. The van der Waals surface area contributed by atoms with E-state index >= 15 is 0 Å². The number of hydrogen-bond donors (Lipinski definition) is 0. The van der Waals surface area contributed by atoms with Gasteiger partial charge in [-0.3, -0.25) is 0 Å². The maximum atomic E-state index is 3.84. The SMILES string of the molecule is [CH2-]c1ccc(CCCC)cc1.[CH2-]c1ccc(CCCC)cc1.[CH2-]c1ccc(CCCC)cc1.[CH2-]c1ccc(CCCC)cc1.[Ti+4]. The van der Waals surface area contributed by atoms with E-state index in [0.29, 0.717) is 0 Å². The molecule has 0 unspecified atom stereocenters. The number of hydrogen-bond acceptors (Lipinski definition) is 0. The predicted octanol–water partition coefficient (Wildman–Crippen LogP) is 12.8. The number of aryl methyl sites for hydroxylation is 4. The second kappa shape index (κ2) is 27.4. The maximum Gasteiger partial charge on any atom is 4.00 e. The van der Waals surface area contributed by atoms with Crippen LogP contribution in [0.4, 0.5) is 0 Å². The molecule has 0 bridgehead atoms. The predicted molar refractivity (Wildman–Crippen MR) is 198 cm³/mol. The van der Waals surface area contributed by atoms with E-state index in [1.807, 2.05) is 0 Å². The van der Waals surface area contributed by atoms with Gasteiger partial charge in [-0.2, -0.15) is 98.5 Å². The van der Waals surface area contributed by atoms with Crippen LogP contribution >= 0.6 is 0 Å². The largest absolute Gasteiger partial charge is 4.00 e.